The Morgan fingerprint density at radius 1 is 1.20 bits per heavy atom. The Balaban J connectivity index is 1.84. The molecule has 1 aliphatic carbocycles. The number of rotatable bonds is 5. The van der Waals surface area contributed by atoms with Gasteiger partial charge >= 0.3 is 0 Å². The van der Waals surface area contributed by atoms with Gasteiger partial charge in [-0.15, -0.1) is 10.2 Å². The van der Waals surface area contributed by atoms with E-state index in [0.717, 1.165) is 18.8 Å². The molecular weight excluding hydrogens is 250 g/mol. The van der Waals surface area contributed by atoms with Crippen molar-refractivity contribution in [2.75, 3.05) is 0 Å². The van der Waals surface area contributed by atoms with Crippen LogP contribution in [0.3, 0.4) is 0 Å². The van der Waals surface area contributed by atoms with Crippen LogP contribution in [-0.2, 0) is 13.2 Å². The van der Waals surface area contributed by atoms with E-state index in [0.29, 0.717) is 23.6 Å². The standard InChI is InChI=1S/C16H21N3O/c1-11(2)9-19-15(10-20)17-18-16(19)14-8-13(14)12-6-4-3-5-7-12/h3-7,11,13-14,20H,8-10H2,1-2H3. The summed E-state index contributed by atoms with van der Waals surface area (Å²) in [5.41, 5.74) is 1.38. The molecule has 1 fully saturated rings. The maximum atomic E-state index is 9.41. The van der Waals surface area contributed by atoms with Crippen molar-refractivity contribution in [2.45, 2.75) is 45.3 Å². The molecule has 106 valence electrons. The zero-order valence-corrected chi connectivity index (χ0v) is 12.0. The van der Waals surface area contributed by atoms with E-state index in [4.69, 9.17) is 0 Å². The minimum atomic E-state index is -0.0392. The Labute approximate surface area is 119 Å². The maximum Gasteiger partial charge on any atom is 0.158 e. The van der Waals surface area contributed by atoms with E-state index < -0.39 is 0 Å². The number of aliphatic hydroxyl groups is 1. The molecule has 2 atom stereocenters. The summed E-state index contributed by atoms with van der Waals surface area (Å²) in [5.74, 6) is 3.25. The summed E-state index contributed by atoms with van der Waals surface area (Å²) >= 11 is 0. The highest BCUT2D eigenvalue weighted by Crippen LogP contribution is 2.54. The highest BCUT2D eigenvalue weighted by molar-refractivity contribution is 5.31. The van der Waals surface area contributed by atoms with Gasteiger partial charge in [-0.25, -0.2) is 0 Å². The second-order valence-electron chi connectivity index (χ2n) is 6.00. The van der Waals surface area contributed by atoms with Crippen molar-refractivity contribution in [1.82, 2.24) is 14.8 Å². The van der Waals surface area contributed by atoms with Crippen molar-refractivity contribution >= 4 is 0 Å². The molecule has 1 aromatic carbocycles. The summed E-state index contributed by atoms with van der Waals surface area (Å²) in [4.78, 5) is 0. The van der Waals surface area contributed by atoms with Crippen LogP contribution in [0.25, 0.3) is 0 Å². The molecule has 1 saturated carbocycles. The van der Waals surface area contributed by atoms with Gasteiger partial charge in [-0.05, 0) is 23.8 Å². The van der Waals surface area contributed by atoms with Gasteiger partial charge in [0.15, 0.2) is 5.82 Å². The van der Waals surface area contributed by atoms with Gasteiger partial charge in [0.25, 0.3) is 0 Å². The number of aliphatic hydroxyl groups excluding tert-OH is 1. The molecule has 20 heavy (non-hydrogen) atoms. The molecule has 1 N–H and O–H groups in total. The third-order valence-electron chi connectivity index (χ3n) is 3.89. The van der Waals surface area contributed by atoms with Crippen molar-refractivity contribution in [3.05, 3.63) is 47.5 Å². The zero-order valence-electron chi connectivity index (χ0n) is 12.0. The van der Waals surface area contributed by atoms with Gasteiger partial charge in [-0.2, -0.15) is 0 Å². The van der Waals surface area contributed by atoms with Crippen LogP contribution in [0.4, 0.5) is 0 Å². The van der Waals surface area contributed by atoms with Crippen LogP contribution in [0.2, 0.25) is 0 Å². The minimum Gasteiger partial charge on any atom is -0.388 e. The second-order valence-corrected chi connectivity index (χ2v) is 6.00. The summed E-state index contributed by atoms with van der Waals surface area (Å²) in [6.07, 6.45) is 1.13. The predicted octanol–water partition coefficient (Wildman–Crippen LogP) is 2.70. The van der Waals surface area contributed by atoms with Crippen molar-refractivity contribution in [2.24, 2.45) is 5.92 Å². The molecule has 1 aliphatic rings. The quantitative estimate of drug-likeness (QED) is 0.909. The monoisotopic (exact) mass is 271 g/mol. The smallest absolute Gasteiger partial charge is 0.158 e. The Bertz CT molecular complexity index is 577. The third kappa shape index (κ3) is 2.48. The lowest BCUT2D eigenvalue weighted by Crippen LogP contribution is -2.12. The highest BCUT2D eigenvalue weighted by atomic mass is 16.3. The SMILES string of the molecule is CC(C)Cn1c(CO)nnc1C1CC1c1ccccc1. The van der Waals surface area contributed by atoms with Crippen LogP contribution >= 0.6 is 0 Å². The first-order chi connectivity index (χ1) is 9.70. The van der Waals surface area contributed by atoms with E-state index in [2.05, 4.69) is 52.9 Å². The topological polar surface area (TPSA) is 50.9 Å². The minimum absolute atomic E-state index is 0.0392. The molecule has 1 heterocycles. The molecule has 1 aromatic heterocycles. The van der Waals surface area contributed by atoms with Crippen molar-refractivity contribution in [1.29, 1.82) is 0 Å². The maximum absolute atomic E-state index is 9.41. The molecular formula is C16H21N3O. The van der Waals surface area contributed by atoms with Crippen LogP contribution in [0.1, 0.15) is 49.3 Å². The lowest BCUT2D eigenvalue weighted by Gasteiger charge is -2.11. The zero-order chi connectivity index (χ0) is 14.1. The van der Waals surface area contributed by atoms with Crippen LogP contribution in [0.15, 0.2) is 30.3 Å². The van der Waals surface area contributed by atoms with Crippen molar-refractivity contribution < 1.29 is 5.11 Å². The first-order valence-corrected chi connectivity index (χ1v) is 7.28. The first kappa shape index (κ1) is 13.3. The number of aromatic nitrogens is 3. The van der Waals surface area contributed by atoms with E-state index in [-0.39, 0.29) is 6.61 Å². The molecule has 4 nitrogen and oxygen atoms in total. The molecule has 4 heteroatoms. The van der Waals surface area contributed by atoms with Crippen molar-refractivity contribution in [3.63, 3.8) is 0 Å². The van der Waals surface area contributed by atoms with Gasteiger partial charge in [0.05, 0.1) is 0 Å². The lowest BCUT2D eigenvalue weighted by atomic mass is 10.1. The fraction of sp³-hybridized carbons (Fsp3) is 0.500. The number of hydrogen-bond donors (Lipinski definition) is 1. The summed E-state index contributed by atoms with van der Waals surface area (Å²) < 4.78 is 2.11. The molecule has 2 aromatic rings. The molecule has 2 unspecified atom stereocenters. The third-order valence-corrected chi connectivity index (χ3v) is 3.89. The summed E-state index contributed by atoms with van der Waals surface area (Å²) in [6.45, 7) is 5.18. The molecule has 0 radical (unpaired) electrons. The van der Waals surface area contributed by atoms with E-state index in [1.165, 1.54) is 5.56 Å². The van der Waals surface area contributed by atoms with Gasteiger partial charge in [-0.1, -0.05) is 44.2 Å². The van der Waals surface area contributed by atoms with Crippen LogP contribution in [-0.4, -0.2) is 19.9 Å². The van der Waals surface area contributed by atoms with Gasteiger partial charge in [0, 0.05) is 12.5 Å². The molecule has 3 rings (SSSR count). The average molecular weight is 271 g/mol. The summed E-state index contributed by atoms with van der Waals surface area (Å²) in [5, 5.41) is 17.9. The number of benzene rings is 1. The molecule has 0 amide bonds. The van der Waals surface area contributed by atoms with E-state index in [9.17, 15) is 5.11 Å². The molecule has 0 aliphatic heterocycles. The fourth-order valence-electron chi connectivity index (χ4n) is 2.85. The lowest BCUT2D eigenvalue weighted by molar-refractivity contribution is 0.261. The Hall–Kier alpha value is -1.68. The molecule has 0 saturated heterocycles. The number of nitrogens with zero attached hydrogens (tertiary/aromatic N) is 3. The first-order valence-electron chi connectivity index (χ1n) is 7.28. The van der Waals surface area contributed by atoms with E-state index in [1.54, 1.807) is 0 Å². The van der Waals surface area contributed by atoms with Gasteiger partial charge in [0.2, 0.25) is 0 Å². The van der Waals surface area contributed by atoms with Gasteiger partial charge < -0.3 is 9.67 Å². The second kappa shape index (κ2) is 5.37. The van der Waals surface area contributed by atoms with Crippen LogP contribution in [0, 0.1) is 5.92 Å². The van der Waals surface area contributed by atoms with Crippen molar-refractivity contribution in [3.8, 4) is 0 Å². The van der Waals surface area contributed by atoms with Crippen LogP contribution in [0.5, 0.6) is 0 Å². The normalized spacial score (nSPS) is 21.4. The average Bonchev–Trinajstić information content (AvgIpc) is 3.15. The van der Waals surface area contributed by atoms with Crippen LogP contribution < -0.4 is 0 Å². The van der Waals surface area contributed by atoms with E-state index >= 15 is 0 Å². The Morgan fingerprint density at radius 3 is 2.60 bits per heavy atom. The van der Waals surface area contributed by atoms with Gasteiger partial charge in [0.1, 0.15) is 12.4 Å². The van der Waals surface area contributed by atoms with E-state index in [1.807, 2.05) is 6.07 Å². The largest absolute Gasteiger partial charge is 0.388 e. The fourth-order valence-corrected chi connectivity index (χ4v) is 2.85. The Kier molecular flexibility index (Phi) is 3.57. The molecule has 0 spiro atoms. The van der Waals surface area contributed by atoms with Gasteiger partial charge in [-0.3, -0.25) is 0 Å². The summed E-state index contributed by atoms with van der Waals surface area (Å²) in [6, 6.07) is 10.6. The molecule has 0 bridgehead atoms. The predicted molar refractivity (Wildman–Crippen MR) is 77.3 cm³/mol. The Morgan fingerprint density at radius 2 is 1.95 bits per heavy atom. The number of hydrogen-bond acceptors (Lipinski definition) is 3. The summed E-state index contributed by atoms with van der Waals surface area (Å²) in [7, 11) is 0. The highest BCUT2D eigenvalue weighted by Gasteiger charge is 2.43.